The molecule has 0 spiro atoms. The van der Waals surface area contributed by atoms with Crippen LogP contribution in [0.2, 0.25) is 0 Å². The number of hydrogen-bond donors (Lipinski definition) is 1. The van der Waals surface area contributed by atoms with Crippen LogP contribution >= 0.6 is 0 Å². The molecule has 0 aromatic carbocycles. The summed E-state index contributed by atoms with van der Waals surface area (Å²) in [4.78, 5) is 43.7. The van der Waals surface area contributed by atoms with Crippen LogP contribution < -0.4 is 5.73 Å². The number of urea groups is 1. The maximum Gasteiger partial charge on any atom is 0.417 e. The van der Waals surface area contributed by atoms with Gasteiger partial charge < -0.3 is 5.73 Å². The van der Waals surface area contributed by atoms with Gasteiger partial charge in [-0.25, -0.2) is 9.37 Å². The Morgan fingerprint density at radius 1 is 1.44 bits per heavy atom. The Labute approximate surface area is 144 Å². The van der Waals surface area contributed by atoms with E-state index >= 15 is 0 Å². The highest BCUT2D eigenvalue weighted by Crippen LogP contribution is 2.22. The zero-order valence-corrected chi connectivity index (χ0v) is 14.3. The number of nitrogens with zero attached hydrogens (tertiary/aromatic N) is 6. The van der Waals surface area contributed by atoms with E-state index in [4.69, 9.17) is 5.73 Å². The first kappa shape index (κ1) is 16.8. The van der Waals surface area contributed by atoms with Crippen LogP contribution in [0, 0.1) is 0 Å². The number of allylic oxidation sites excluding steroid dienone is 1. The van der Waals surface area contributed by atoms with Crippen molar-refractivity contribution in [1.29, 1.82) is 0 Å². The average Bonchev–Trinajstić information content (AvgIpc) is 2.92. The zero-order chi connectivity index (χ0) is 18.3. The highest BCUT2D eigenvalue weighted by molar-refractivity contribution is 6.23. The summed E-state index contributed by atoms with van der Waals surface area (Å²) < 4.78 is 1.74. The van der Waals surface area contributed by atoms with E-state index in [1.807, 2.05) is 6.92 Å². The number of likely N-dealkylation sites (N-methyl/N-ethyl adjacent to an activating group) is 1. The molecule has 2 N–H and O–H groups in total. The van der Waals surface area contributed by atoms with Gasteiger partial charge in [0.15, 0.2) is 6.54 Å². The van der Waals surface area contributed by atoms with Gasteiger partial charge in [-0.15, -0.1) is 10.1 Å². The van der Waals surface area contributed by atoms with E-state index in [9.17, 15) is 14.4 Å². The number of aliphatic imine (C=N–C) groups is 1. The fourth-order valence-electron chi connectivity index (χ4n) is 3.04. The minimum absolute atomic E-state index is 0.152. The van der Waals surface area contributed by atoms with Crippen molar-refractivity contribution in [1.82, 2.24) is 14.8 Å². The maximum absolute atomic E-state index is 12.9. The topological polar surface area (TPSA) is 115 Å². The van der Waals surface area contributed by atoms with Crippen molar-refractivity contribution in [3.63, 3.8) is 0 Å². The van der Waals surface area contributed by atoms with Crippen molar-refractivity contribution >= 4 is 35.4 Å². The molecule has 10 nitrogen and oxygen atoms in total. The second-order valence-electron chi connectivity index (χ2n) is 6.02. The molecule has 3 aliphatic rings. The summed E-state index contributed by atoms with van der Waals surface area (Å²) in [6.45, 7) is 4.05. The first-order valence-corrected chi connectivity index (χ1v) is 7.87. The Morgan fingerprint density at radius 2 is 2.16 bits per heavy atom. The zero-order valence-electron chi connectivity index (χ0n) is 14.3. The normalized spacial score (nSPS) is 23.2. The maximum atomic E-state index is 12.9. The van der Waals surface area contributed by atoms with Gasteiger partial charge >= 0.3 is 12.0 Å². The van der Waals surface area contributed by atoms with Gasteiger partial charge in [0.2, 0.25) is 11.9 Å². The molecule has 1 unspecified atom stereocenters. The number of fused-ring (bicyclic) bond motifs is 2. The molecule has 3 rings (SSSR count). The van der Waals surface area contributed by atoms with E-state index in [0.717, 1.165) is 0 Å². The minimum Gasteiger partial charge on any atom is -0.367 e. The number of hydrogen-bond acceptors (Lipinski definition) is 6. The van der Waals surface area contributed by atoms with Crippen molar-refractivity contribution in [3.05, 3.63) is 12.2 Å². The molecule has 132 valence electrons. The van der Waals surface area contributed by atoms with Crippen LogP contribution in [0.4, 0.5) is 4.79 Å². The van der Waals surface area contributed by atoms with Gasteiger partial charge in [-0.1, -0.05) is 17.1 Å². The summed E-state index contributed by atoms with van der Waals surface area (Å²) in [5.41, 5.74) is 5.99. The third kappa shape index (κ3) is 2.69. The van der Waals surface area contributed by atoms with Crippen LogP contribution in [-0.4, -0.2) is 87.5 Å². The number of amidine groups is 1. The summed E-state index contributed by atoms with van der Waals surface area (Å²) >= 11 is 0. The van der Waals surface area contributed by atoms with Crippen molar-refractivity contribution in [2.45, 2.75) is 19.9 Å². The Morgan fingerprint density at radius 3 is 2.80 bits per heavy atom. The number of imide groups is 1. The predicted molar refractivity (Wildman–Crippen MR) is 90.1 cm³/mol. The molecule has 0 aliphatic carbocycles. The van der Waals surface area contributed by atoms with Gasteiger partial charge in [0.05, 0.1) is 5.71 Å². The van der Waals surface area contributed by atoms with Crippen molar-refractivity contribution in [3.8, 4) is 0 Å². The molecule has 0 saturated carbocycles. The number of primary amides is 1. The molecule has 1 fully saturated rings. The summed E-state index contributed by atoms with van der Waals surface area (Å²) in [6.07, 6.45) is 3.52. The number of carbonyl (C=O) groups excluding carboxylic acids is 3. The minimum atomic E-state index is -0.719. The van der Waals surface area contributed by atoms with Crippen LogP contribution in [0.1, 0.15) is 13.8 Å². The van der Waals surface area contributed by atoms with Gasteiger partial charge in [0, 0.05) is 13.6 Å². The smallest absolute Gasteiger partial charge is 0.367 e. The van der Waals surface area contributed by atoms with Gasteiger partial charge in [0.1, 0.15) is 6.54 Å². The van der Waals surface area contributed by atoms with E-state index < -0.39 is 18.0 Å². The molecule has 3 heterocycles. The van der Waals surface area contributed by atoms with E-state index in [1.165, 1.54) is 14.8 Å². The summed E-state index contributed by atoms with van der Waals surface area (Å²) in [6, 6.07) is -1.15. The SMILES string of the molecule is C/C=C/CN1C(=O)C2C(=NC3=[N+]2CC(C)=NN3CC(N)=O)N(C)C1=O. The second kappa shape index (κ2) is 6.11. The first-order chi connectivity index (χ1) is 11.8. The molecular weight excluding hydrogens is 326 g/mol. The van der Waals surface area contributed by atoms with E-state index in [2.05, 4.69) is 10.1 Å². The Bertz CT molecular complexity index is 780. The lowest BCUT2D eigenvalue weighted by molar-refractivity contribution is -0.527. The largest absolute Gasteiger partial charge is 0.417 e. The van der Waals surface area contributed by atoms with E-state index in [1.54, 1.807) is 30.7 Å². The summed E-state index contributed by atoms with van der Waals surface area (Å²) in [5, 5.41) is 5.65. The standard InChI is InChI=1S/C15H19N7O3/c1-4-5-6-20-13(24)11-12(19(3)15(20)25)17-14-21(11)7-9(2)18-22(14)8-10(16)23/h4-5,11H,6-8H2,1-3H3,(H-,16,23)/p+1/b5-4+. The molecule has 0 aromatic rings. The predicted octanol–water partition coefficient (Wildman–Crippen LogP) is -1.22. The number of nitrogens with two attached hydrogens (primary N) is 1. The monoisotopic (exact) mass is 346 g/mol. The lowest BCUT2D eigenvalue weighted by Crippen LogP contribution is -2.63. The lowest BCUT2D eigenvalue weighted by Gasteiger charge is -2.33. The molecule has 0 aromatic heterocycles. The quantitative estimate of drug-likeness (QED) is 0.508. The Kier molecular flexibility index (Phi) is 4.11. The molecule has 0 bridgehead atoms. The molecule has 3 aliphatic heterocycles. The molecule has 25 heavy (non-hydrogen) atoms. The van der Waals surface area contributed by atoms with Gasteiger partial charge in [-0.2, -0.15) is 0 Å². The van der Waals surface area contributed by atoms with Crippen molar-refractivity contribution in [2.75, 3.05) is 26.7 Å². The molecule has 1 saturated heterocycles. The van der Waals surface area contributed by atoms with Crippen LogP contribution in [0.3, 0.4) is 0 Å². The third-order valence-electron chi connectivity index (χ3n) is 4.14. The van der Waals surface area contributed by atoms with Crippen LogP contribution in [-0.2, 0) is 9.59 Å². The molecule has 1 atom stereocenters. The number of amides is 4. The molecular formula is C15H20N7O3+. The number of guanidine groups is 1. The molecule has 0 radical (unpaired) electrons. The van der Waals surface area contributed by atoms with Gasteiger partial charge in [0.25, 0.3) is 11.8 Å². The number of hydrazone groups is 1. The Hall–Kier alpha value is -3.04. The lowest BCUT2D eigenvalue weighted by atomic mass is 10.1. The van der Waals surface area contributed by atoms with E-state index in [-0.39, 0.29) is 19.0 Å². The Balaban J connectivity index is 2.00. The summed E-state index contributed by atoms with van der Waals surface area (Å²) in [7, 11) is 1.58. The summed E-state index contributed by atoms with van der Waals surface area (Å²) in [5.74, 6) is -0.221. The van der Waals surface area contributed by atoms with Crippen LogP contribution in [0.25, 0.3) is 0 Å². The highest BCUT2D eigenvalue weighted by Gasteiger charge is 2.54. The second-order valence-corrected chi connectivity index (χ2v) is 6.02. The average molecular weight is 346 g/mol. The number of rotatable bonds is 4. The molecule has 4 amide bonds. The fourth-order valence-corrected chi connectivity index (χ4v) is 3.04. The van der Waals surface area contributed by atoms with Gasteiger partial charge in [-0.05, 0) is 13.8 Å². The van der Waals surface area contributed by atoms with Crippen molar-refractivity contribution in [2.24, 2.45) is 15.8 Å². The highest BCUT2D eigenvalue weighted by atomic mass is 16.2. The third-order valence-corrected chi connectivity index (χ3v) is 4.14. The van der Waals surface area contributed by atoms with Crippen molar-refractivity contribution < 1.29 is 19.0 Å². The van der Waals surface area contributed by atoms with Gasteiger partial charge in [-0.3, -0.25) is 19.4 Å². The first-order valence-electron chi connectivity index (χ1n) is 7.87. The van der Waals surface area contributed by atoms with E-state index in [0.29, 0.717) is 24.1 Å². The number of carbonyl (C=O) groups is 3. The van der Waals surface area contributed by atoms with Crippen LogP contribution in [0.5, 0.6) is 0 Å². The van der Waals surface area contributed by atoms with Crippen LogP contribution in [0.15, 0.2) is 22.2 Å². The molecule has 10 heteroatoms. The fraction of sp³-hybridized carbons (Fsp3) is 0.467.